The number of rotatable bonds is 7. The van der Waals surface area contributed by atoms with E-state index in [0.717, 1.165) is 44.2 Å². The lowest BCUT2D eigenvalue weighted by atomic mass is 9.48. The van der Waals surface area contributed by atoms with Crippen LogP contribution in [-0.2, 0) is 11.3 Å². The summed E-state index contributed by atoms with van der Waals surface area (Å²) in [6, 6.07) is 7.11. The van der Waals surface area contributed by atoms with Crippen molar-refractivity contribution >= 4 is 29.5 Å². The van der Waals surface area contributed by atoms with Crippen LogP contribution in [-0.4, -0.2) is 39.4 Å². The Morgan fingerprint density at radius 1 is 1.24 bits per heavy atom. The number of alkyl carbamates (subject to hydrolysis) is 1. The Morgan fingerprint density at radius 3 is 2.66 bits per heavy atom. The molecule has 1 aromatic heterocycles. The molecule has 4 aliphatic rings. The Balaban J connectivity index is 1.24. The molecule has 10 heteroatoms. The monoisotopic (exact) mass is 538 g/mol. The van der Waals surface area contributed by atoms with Crippen molar-refractivity contribution in [3.8, 4) is 11.8 Å². The molecule has 3 unspecified atom stereocenters. The van der Waals surface area contributed by atoms with Crippen LogP contribution < -0.4 is 16.0 Å². The van der Waals surface area contributed by atoms with Gasteiger partial charge in [-0.05, 0) is 99.8 Å². The Morgan fingerprint density at radius 2 is 1.97 bits per heavy atom. The summed E-state index contributed by atoms with van der Waals surface area (Å²) in [5.74, 6) is 2.54. The normalized spacial score (nSPS) is 27.4. The molecule has 4 bridgehead atoms. The molecule has 1 aromatic carbocycles. The number of benzene rings is 1. The summed E-state index contributed by atoms with van der Waals surface area (Å²) in [7, 11) is 0. The van der Waals surface area contributed by atoms with Crippen molar-refractivity contribution in [3.05, 3.63) is 40.5 Å². The third-order valence-electron chi connectivity index (χ3n) is 8.09. The van der Waals surface area contributed by atoms with Gasteiger partial charge in [-0.2, -0.15) is 10.2 Å². The van der Waals surface area contributed by atoms with Crippen LogP contribution >= 0.6 is 11.6 Å². The first-order chi connectivity index (χ1) is 18.0. The summed E-state index contributed by atoms with van der Waals surface area (Å²) in [5.41, 5.74) is 0.709. The van der Waals surface area contributed by atoms with E-state index in [9.17, 15) is 15.2 Å². The third-order valence-corrected chi connectivity index (χ3v) is 8.46. The number of phenols is 1. The van der Waals surface area contributed by atoms with Crippen LogP contribution in [0.5, 0.6) is 5.75 Å². The average molecular weight is 539 g/mol. The van der Waals surface area contributed by atoms with Gasteiger partial charge in [0, 0.05) is 24.2 Å². The molecule has 1 heterocycles. The third kappa shape index (κ3) is 5.75. The first kappa shape index (κ1) is 26.4. The predicted molar refractivity (Wildman–Crippen MR) is 145 cm³/mol. The molecule has 4 saturated carbocycles. The number of hydrogen-bond donors (Lipinski definition) is 4. The number of nitriles is 1. The Hall–Kier alpha value is -3.25. The summed E-state index contributed by atoms with van der Waals surface area (Å²) in [5, 5.41) is 29.7. The molecule has 0 spiro atoms. The van der Waals surface area contributed by atoms with Crippen molar-refractivity contribution < 1.29 is 14.6 Å². The highest BCUT2D eigenvalue weighted by Crippen LogP contribution is 2.60. The standard InChI is InChI=1S/C28H35ClN6O3/c1-27(2,3)38-26(37)34-23-17-6-16-7-18(23)11-28(9-16,10-17)15-33-24-20(12-30)14-32-25(35-24)31-13-19-8-21(36)4-5-22(19)29/h4-5,8,14,16-18,23,36H,6-7,9-11,13,15H2,1-3H3,(H,34,37)(H2,31,32,33,35)/t16?,17-,18+,23?,28?. The lowest BCUT2D eigenvalue weighted by molar-refractivity contribution is -0.0703. The largest absolute Gasteiger partial charge is 0.508 e. The second-order valence-electron chi connectivity index (χ2n) is 12.2. The highest BCUT2D eigenvalue weighted by Gasteiger charge is 2.55. The lowest BCUT2D eigenvalue weighted by Gasteiger charge is -2.60. The minimum Gasteiger partial charge on any atom is -0.508 e. The van der Waals surface area contributed by atoms with Gasteiger partial charge in [0.25, 0.3) is 0 Å². The molecule has 4 N–H and O–H groups in total. The van der Waals surface area contributed by atoms with E-state index in [1.165, 1.54) is 12.3 Å². The van der Waals surface area contributed by atoms with Crippen LogP contribution in [0, 0.1) is 34.5 Å². The van der Waals surface area contributed by atoms with Gasteiger partial charge in [0.1, 0.15) is 28.8 Å². The van der Waals surface area contributed by atoms with Crippen LogP contribution in [0.2, 0.25) is 5.02 Å². The maximum absolute atomic E-state index is 12.5. The van der Waals surface area contributed by atoms with Crippen LogP contribution in [0.15, 0.2) is 24.4 Å². The molecule has 4 aliphatic carbocycles. The van der Waals surface area contributed by atoms with Crippen molar-refractivity contribution in [1.29, 1.82) is 5.26 Å². The van der Waals surface area contributed by atoms with Gasteiger partial charge in [0.05, 0.1) is 6.20 Å². The zero-order valence-corrected chi connectivity index (χ0v) is 22.8. The number of nitrogens with zero attached hydrogens (tertiary/aromatic N) is 3. The van der Waals surface area contributed by atoms with Crippen molar-refractivity contribution in [1.82, 2.24) is 15.3 Å². The van der Waals surface area contributed by atoms with Crippen LogP contribution in [0.25, 0.3) is 0 Å². The zero-order chi connectivity index (χ0) is 27.1. The molecule has 0 radical (unpaired) electrons. The first-order valence-corrected chi connectivity index (χ1v) is 13.6. The highest BCUT2D eigenvalue weighted by atomic mass is 35.5. The number of ether oxygens (including phenoxy) is 1. The van der Waals surface area contributed by atoms with E-state index >= 15 is 0 Å². The molecule has 38 heavy (non-hydrogen) atoms. The quantitative estimate of drug-likeness (QED) is 0.366. The minimum absolute atomic E-state index is 0.114. The molecular formula is C28H35ClN6O3. The fourth-order valence-corrected chi connectivity index (χ4v) is 7.10. The van der Waals surface area contributed by atoms with Gasteiger partial charge in [-0.3, -0.25) is 0 Å². The topological polar surface area (TPSA) is 132 Å². The molecule has 4 fully saturated rings. The lowest BCUT2D eigenvalue weighted by Crippen LogP contribution is -2.60. The average Bonchev–Trinajstić information content (AvgIpc) is 2.84. The Bertz CT molecular complexity index is 1240. The molecule has 1 amide bonds. The number of aromatic nitrogens is 2. The van der Waals surface area contributed by atoms with E-state index in [2.05, 4.69) is 32.0 Å². The number of nitrogens with one attached hydrogen (secondary N) is 3. The van der Waals surface area contributed by atoms with Crippen molar-refractivity contribution in [2.24, 2.45) is 23.2 Å². The first-order valence-electron chi connectivity index (χ1n) is 13.2. The van der Waals surface area contributed by atoms with E-state index < -0.39 is 5.60 Å². The molecular weight excluding hydrogens is 504 g/mol. The Labute approximate surface area is 228 Å². The van der Waals surface area contributed by atoms with Gasteiger partial charge in [-0.15, -0.1) is 0 Å². The zero-order valence-electron chi connectivity index (χ0n) is 22.1. The van der Waals surface area contributed by atoms with Gasteiger partial charge >= 0.3 is 6.09 Å². The maximum atomic E-state index is 12.5. The van der Waals surface area contributed by atoms with E-state index in [1.54, 1.807) is 12.1 Å². The van der Waals surface area contributed by atoms with Gasteiger partial charge in [-0.25, -0.2) is 9.78 Å². The molecule has 2 aromatic rings. The van der Waals surface area contributed by atoms with Gasteiger partial charge in [0.2, 0.25) is 5.95 Å². The molecule has 6 rings (SSSR count). The van der Waals surface area contributed by atoms with E-state index in [1.807, 2.05) is 20.8 Å². The van der Waals surface area contributed by atoms with E-state index in [-0.39, 0.29) is 23.3 Å². The molecule has 9 nitrogen and oxygen atoms in total. The van der Waals surface area contributed by atoms with E-state index in [0.29, 0.717) is 46.7 Å². The fraction of sp³-hybridized carbons (Fsp3) is 0.571. The predicted octanol–water partition coefficient (Wildman–Crippen LogP) is 5.45. The molecule has 0 aliphatic heterocycles. The highest BCUT2D eigenvalue weighted by molar-refractivity contribution is 6.31. The number of anilines is 2. The number of aromatic hydroxyl groups is 1. The second-order valence-corrected chi connectivity index (χ2v) is 12.6. The second kappa shape index (κ2) is 10.1. The molecule has 202 valence electrons. The number of hydrogen-bond acceptors (Lipinski definition) is 8. The van der Waals surface area contributed by atoms with Gasteiger partial charge < -0.3 is 25.8 Å². The number of carbonyl (C=O) groups is 1. The SMILES string of the molecule is CC(C)(C)OC(=O)NC1[C@@H]2CC3C[C@H]1CC(CNc1nc(NCc4cc(O)ccc4Cl)ncc1C#N)(C3)C2. The summed E-state index contributed by atoms with van der Waals surface area (Å²) >= 11 is 6.23. The maximum Gasteiger partial charge on any atom is 0.407 e. The molecule has 0 saturated heterocycles. The van der Waals surface area contributed by atoms with Crippen LogP contribution in [0.3, 0.4) is 0 Å². The number of halogens is 1. The fourth-order valence-electron chi connectivity index (χ4n) is 6.91. The minimum atomic E-state index is -0.514. The number of amides is 1. The van der Waals surface area contributed by atoms with Crippen LogP contribution in [0.4, 0.5) is 16.6 Å². The smallest absolute Gasteiger partial charge is 0.407 e. The number of carbonyl (C=O) groups excluding carboxylic acids is 1. The summed E-state index contributed by atoms with van der Waals surface area (Å²) in [4.78, 5) is 21.4. The Kier molecular flexibility index (Phi) is 7.03. The molecule has 5 atom stereocenters. The summed E-state index contributed by atoms with van der Waals surface area (Å²) in [6.07, 6.45) is 6.68. The van der Waals surface area contributed by atoms with Crippen molar-refractivity contribution in [2.75, 3.05) is 17.2 Å². The van der Waals surface area contributed by atoms with Crippen LogP contribution in [0.1, 0.15) is 64.0 Å². The van der Waals surface area contributed by atoms with Gasteiger partial charge in [0.15, 0.2) is 0 Å². The van der Waals surface area contributed by atoms with Crippen molar-refractivity contribution in [2.45, 2.75) is 71.1 Å². The van der Waals surface area contributed by atoms with Gasteiger partial charge in [-0.1, -0.05) is 11.6 Å². The van der Waals surface area contributed by atoms with E-state index in [4.69, 9.17) is 16.3 Å². The summed E-state index contributed by atoms with van der Waals surface area (Å²) in [6.45, 7) is 6.71. The summed E-state index contributed by atoms with van der Waals surface area (Å²) < 4.78 is 5.54. The van der Waals surface area contributed by atoms with Crippen molar-refractivity contribution in [3.63, 3.8) is 0 Å². The number of phenolic OH excluding ortho intramolecular Hbond substituents is 1.